The molecule has 0 unspecified atom stereocenters. The third-order valence-corrected chi connectivity index (χ3v) is 8.30. The number of nitrogens with one attached hydrogen (secondary N) is 1. The van der Waals surface area contributed by atoms with Gasteiger partial charge in [0.2, 0.25) is 0 Å². The minimum atomic E-state index is -0.572. The van der Waals surface area contributed by atoms with Crippen molar-refractivity contribution in [1.82, 2.24) is 5.32 Å². The molecule has 0 aliphatic heterocycles. The van der Waals surface area contributed by atoms with Crippen LogP contribution in [0.1, 0.15) is 79.8 Å². The number of hydrogen-bond donors (Lipinski definition) is 1. The van der Waals surface area contributed by atoms with Crippen LogP contribution in [0.3, 0.4) is 0 Å². The van der Waals surface area contributed by atoms with Gasteiger partial charge in [-0.25, -0.2) is 4.79 Å². The zero-order chi connectivity index (χ0) is 32.8. The molecule has 0 radical (unpaired) electrons. The van der Waals surface area contributed by atoms with Crippen molar-refractivity contribution in [2.45, 2.75) is 71.6 Å². The number of carbonyl (C=O) groups is 2. The minimum absolute atomic E-state index is 0.0562. The fourth-order valence-electron chi connectivity index (χ4n) is 6.21. The maximum absolute atomic E-state index is 12.3. The average molecular weight is 623 g/mol. The lowest BCUT2D eigenvalue weighted by Gasteiger charge is -2.36. The topological polar surface area (TPSA) is 107 Å². The number of rotatable bonds is 11. The van der Waals surface area contributed by atoms with Gasteiger partial charge in [-0.3, -0.25) is 4.79 Å². The fourth-order valence-corrected chi connectivity index (χ4v) is 6.21. The Bertz CT molecular complexity index is 1670. The number of nitriles is 1. The predicted molar refractivity (Wildman–Crippen MR) is 176 cm³/mol. The van der Waals surface area contributed by atoms with Gasteiger partial charge in [-0.1, -0.05) is 30.3 Å². The molecule has 3 aliphatic rings. The Balaban J connectivity index is 1.49. The first kappa shape index (κ1) is 32.8. The molecular formula is C38H42N2O6. The van der Waals surface area contributed by atoms with Gasteiger partial charge in [0.25, 0.3) is 0 Å². The van der Waals surface area contributed by atoms with Crippen molar-refractivity contribution in [3.63, 3.8) is 0 Å². The summed E-state index contributed by atoms with van der Waals surface area (Å²) in [7, 11) is 1.73. The van der Waals surface area contributed by atoms with E-state index >= 15 is 0 Å². The maximum atomic E-state index is 12.3. The molecule has 0 heterocycles. The van der Waals surface area contributed by atoms with E-state index in [0.29, 0.717) is 48.5 Å². The average Bonchev–Trinajstić information content (AvgIpc) is 3.24. The summed E-state index contributed by atoms with van der Waals surface area (Å²) in [5, 5.41) is 12.4. The third kappa shape index (κ3) is 7.96. The molecule has 1 fully saturated rings. The van der Waals surface area contributed by atoms with Gasteiger partial charge in [0.1, 0.15) is 18.0 Å². The second kappa shape index (κ2) is 14.2. The van der Waals surface area contributed by atoms with E-state index in [4.69, 9.17) is 18.9 Å². The molecule has 3 aromatic rings. The molecular weight excluding hydrogens is 580 g/mol. The van der Waals surface area contributed by atoms with Crippen molar-refractivity contribution in [2.24, 2.45) is 5.92 Å². The molecule has 0 spiro atoms. The molecule has 1 N–H and O–H groups in total. The Morgan fingerprint density at radius 3 is 2.52 bits per heavy atom. The van der Waals surface area contributed by atoms with E-state index in [1.54, 1.807) is 32.2 Å². The Morgan fingerprint density at radius 2 is 1.80 bits per heavy atom. The van der Waals surface area contributed by atoms with Crippen LogP contribution in [0.2, 0.25) is 0 Å². The Morgan fingerprint density at radius 1 is 1.00 bits per heavy atom. The zero-order valence-corrected chi connectivity index (χ0v) is 27.3. The van der Waals surface area contributed by atoms with Crippen LogP contribution in [0.5, 0.6) is 5.75 Å². The van der Waals surface area contributed by atoms with Gasteiger partial charge in [0, 0.05) is 19.2 Å². The molecule has 1 amide bonds. The van der Waals surface area contributed by atoms with E-state index < -0.39 is 11.7 Å². The Kier molecular flexibility index (Phi) is 10.1. The molecule has 1 saturated carbocycles. The number of amides is 1. The smallest absolute Gasteiger partial charge is 0.407 e. The van der Waals surface area contributed by atoms with Crippen molar-refractivity contribution in [3.05, 3.63) is 93.6 Å². The summed E-state index contributed by atoms with van der Waals surface area (Å²) in [5.41, 5.74) is 8.44. The number of alkyl carbamates (subject to hydrolysis) is 1. The van der Waals surface area contributed by atoms with Crippen molar-refractivity contribution in [3.8, 4) is 22.9 Å². The summed E-state index contributed by atoms with van der Waals surface area (Å²) in [5.74, 6) is 1.08. The molecule has 0 saturated heterocycles. The monoisotopic (exact) mass is 622 g/mol. The van der Waals surface area contributed by atoms with Gasteiger partial charge in [-0.15, -0.1) is 0 Å². The number of carbonyl (C=O) groups excluding carboxylic acids is 2. The second-order valence-electron chi connectivity index (χ2n) is 12.9. The van der Waals surface area contributed by atoms with Crippen LogP contribution in [-0.2, 0) is 38.6 Å². The molecule has 46 heavy (non-hydrogen) atoms. The summed E-state index contributed by atoms with van der Waals surface area (Å²) in [4.78, 5) is 24.6. The number of esters is 1. The maximum Gasteiger partial charge on any atom is 0.407 e. The second-order valence-corrected chi connectivity index (χ2v) is 12.9. The summed E-state index contributed by atoms with van der Waals surface area (Å²) in [6.45, 7) is 8.77. The van der Waals surface area contributed by atoms with E-state index in [-0.39, 0.29) is 19.0 Å². The van der Waals surface area contributed by atoms with Crippen LogP contribution in [0.25, 0.3) is 17.2 Å². The minimum Gasteiger partial charge on any atom is -0.489 e. The summed E-state index contributed by atoms with van der Waals surface area (Å²) < 4.78 is 22.5. The largest absolute Gasteiger partial charge is 0.489 e. The lowest BCUT2D eigenvalue weighted by Crippen LogP contribution is -2.32. The molecule has 6 rings (SSSR count). The number of hydrogen-bond acceptors (Lipinski definition) is 7. The zero-order valence-electron chi connectivity index (χ0n) is 27.3. The lowest BCUT2D eigenvalue weighted by molar-refractivity contribution is -0.142. The van der Waals surface area contributed by atoms with Crippen LogP contribution >= 0.6 is 0 Å². The van der Waals surface area contributed by atoms with E-state index in [1.165, 1.54) is 11.1 Å². The van der Waals surface area contributed by atoms with Gasteiger partial charge in [0.05, 0.1) is 31.3 Å². The van der Waals surface area contributed by atoms with E-state index in [1.807, 2.05) is 32.9 Å². The normalized spacial score (nSPS) is 16.6. The van der Waals surface area contributed by atoms with Crippen LogP contribution in [0, 0.1) is 17.2 Å². The third-order valence-electron chi connectivity index (χ3n) is 8.30. The highest BCUT2D eigenvalue weighted by atomic mass is 16.6. The van der Waals surface area contributed by atoms with Gasteiger partial charge in [-0.05, 0) is 122 Å². The van der Waals surface area contributed by atoms with Gasteiger partial charge >= 0.3 is 12.1 Å². The van der Waals surface area contributed by atoms with Crippen molar-refractivity contribution >= 4 is 18.1 Å². The van der Waals surface area contributed by atoms with Gasteiger partial charge < -0.3 is 24.3 Å². The molecule has 3 aliphatic carbocycles. The lowest BCUT2D eigenvalue weighted by atomic mass is 9.68. The van der Waals surface area contributed by atoms with Gasteiger partial charge in [-0.2, -0.15) is 5.26 Å². The highest BCUT2D eigenvalue weighted by molar-refractivity contribution is 5.78. The van der Waals surface area contributed by atoms with Gasteiger partial charge in [0.15, 0.2) is 0 Å². The highest BCUT2D eigenvalue weighted by Crippen LogP contribution is 2.52. The van der Waals surface area contributed by atoms with Crippen LogP contribution in [-0.4, -0.2) is 38.0 Å². The van der Waals surface area contributed by atoms with E-state index in [2.05, 4.69) is 41.7 Å². The molecule has 8 nitrogen and oxygen atoms in total. The van der Waals surface area contributed by atoms with Crippen LogP contribution < -0.4 is 10.1 Å². The first-order chi connectivity index (χ1) is 22.1. The first-order valence-electron chi connectivity index (χ1n) is 15.8. The SMILES string of the molecule is CCOC(=O)Cc1ccc(C#N)cc1OCc1cc2c(c(-c3cccc(CNC(=O)OC(C)(C)C)c3)c1)C1CC(C1)C(COC)=C2. The molecule has 3 aromatic carbocycles. The van der Waals surface area contributed by atoms with Crippen LogP contribution in [0.4, 0.5) is 4.79 Å². The Labute approximate surface area is 271 Å². The van der Waals surface area contributed by atoms with Crippen molar-refractivity contribution < 1.29 is 28.5 Å². The summed E-state index contributed by atoms with van der Waals surface area (Å²) in [6.07, 6.45) is 4.05. The number of ether oxygens (including phenoxy) is 4. The van der Waals surface area contributed by atoms with Crippen molar-refractivity contribution in [1.29, 1.82) is 5.26 Å². The number of benzene rings is 3. The van der Waals surface area contributed by atoms with Crippen molar-refractivity contribution in [2.75, 3.05) is 20.3 Å². The van der Waals surface area contributed by atoms with Crippen LogP contribution in [0.15, 0.2) is 60.2 Å². The molecule has 0 aromatic heterocycles. The molecule has 240 valence electrons. The summed E-state index contributed by atoms with van der Waals surface area (Å²) in [6, 6.07) is 19.9. The predicted octanol–water partition coefficient (Wildman–Crippen LogP) is 7.47. The standard InChI is InChI=1S/C38H42N2O6/c1-6-44-35(41)19-28-11-10-24(20-39)15-34(28)45-22-26-13-30-18-32(23-43-5)29-16-31(17-29)36(30)33(14-26)27-9-7-8-25(12-27)21-40-37(42)46-38(2,3)4/h7-15,18,29,31H,6,16-17,19,21-23H2,1-5H3,(H,40,42). The highest BCUT2D eigenvalue weighted by Gasteiger charge is 2.38. The first-order valence-corrected chi connectivity index (χ1v) is 15.8. The van der Waals surface area contributed by atoms with E-state index in [9.17, 15) is 14.9 Å². The fraction of sp³-hybridized carbons (Fsp3) is 0.395. The number of nitrogens with zero attached hydrogens (tertiary/aromatic N) is 1. The molecule has 8 heteroatoms. The molecule has 2 bridgehead atoms. The Hall–Kier alpha value is -4.61. The number of methoxy groups -OCH3 is 1. The molecule has 0 atom stereocenters. The quantitative estimate of drug-likeness (QED) is 0.221. The van der Waals surface area contributed by atoms with E-state index in [0.717, 1.165) is 40.7 Å². The summed E-state index contributed by atoms with van der Waals surface area (Å²) >= 11 is 0.